The Morgan fingerprint density at radius 1 is 1.42 bits per heavy atom. The number of nitrogens with zero attached hydrogens (tertiary/aromatic N) is 2. The van der Waals surface area contributed by atoms with Crippen LogP contribution in [0.2, 0.25) is 0 Å². The van der Waals surface area contributed by atoms with E-state index in [1.165, 1.54) is 0 Å². The summed E-state index contributed by atoms with van der Waals surface area (Å²) in [6.07, 6.45) is 8.03. The van der Waals surface area contributed by atoms with E-state index < -0.39 is 0 Å². The van der Waals surface area contributed by atoms with Gasteiger partial charge in [-0.05, 0) is 19.4 Å². The van der Waals surface area contributed by atoms with E-state index in [4.69, 9.17) is 11.7 Å². The Hall–Kier alpha value is -0.990. The van der Waals surface area contributed by atoms with Crippen molar-refractivity contribution in [3.63, 3.8) is 0 Å². The van der Waals surface area contributed by atoms with E-state index in [0.29, 0.717) is 6.54 Å². The summed E-state index contributed by atoms with van der Waals surface area (Å²) in [7, 11) is 0. The molecule has 0 aliphatic carbocycles. The Kier molecular flexibility index (Phi) is 7.44. The second-order valence-corrected chi connectivity index (χ2v) is 2.74. The molecule has 0 N–H and O–H groups in total. The van der Waals surface area contributed by atoms with Gasteiger partial charge in [0.2, 0.25) is 0 Å². The zero-order valence-electron chi connectivity index (χ0n) is 7.71. The SMILES string of the molecule is C#CCCCN(CC#N)CCC. The van der Waals surface area contributed by atoms with Crippen molar-refractivity contribution in [1.82, 2.24) is 4.90 Å². The predicted molar refractivity (Wildman–Crippen MR) is 50.4 cm³/mol. The first-order valence-corrected chi connectivity index (χ1v) is 4.38. The molecule has 0 unspecified atom stereocenters. The Morgan fingerprint density at radius 3 is 2.67 bits per heavy atom. The van der Waals surface area contributed by atoms with Crippen LogP contribution in [0.15, 0.2) is 0 Å². The molecule has 12 heavy (non-hydrogen) atoms. The van der Waals surface area contributed by atoms with E-state index in [1.54, 1.807) is 0 Å². The van der Waals surface area contributed by atoms with Crippen molar-refractivity contribution in [3.05, 3.63) is 0 Å². The van der Waals surface area contributed by atoms with E-state index in [-0.39, 0.29) is 0 Å². The minimum Gasteiger partial charge on any atom is -0.291 e. The van der Waals surface area contributed by atoms with Crippen LogP contribution in [-0.4, -0.2) is 24.5 Å². The molecule has 2 heteroatoms. The molecule has 0 aromatic heterocycles. The smallest absolute Gasteiger partial charge is 0.0865 e. The van der Waals surface area contributed by atoms with Crippen LogP contribution < -0.4 is 0 Å². The van der Waals surface area contributed by atoms with Crippen molar-refractivity contribution in [1.29, 1.82) is 5.26 Å². The molecular weight excluding hydrogens is 148 g/mol. The third-order valence-corrected chi connectivity index (χ3v) is 1.63. The van der Waals surface area contributed by atoms with Crippen molar-refractivity contribution in [2.45, 2.75) is 26.2 Å². The second-order valence-electron chi connectivity index (χ2n) is 2.74. The Morgan fingerprint density at radius 2 is 2.17 bits per heavy atom. The zero-order valence-corrected chi connectivity index (χ0v) is 7.71. The molecule has 0 radical (unpaired) electrons. The monoisotopic (exact) mass is 164 g/mol. The number of nitriles is 1. The summed E-state index contributed by atoms with van der Waals surface area (Å²) in [5, 5.41) is 8.49. The largest absolute Gasteiger partial charge is 0.291 e. The second kappa shape index (κ2) is 8.11. The summed E-state index contributed by atoms with van der Waals surface area (Å²) < 4.78 is 0. The maximum atomic E-state index is 8.49. The van der Waals surface area contributed by atoms with Gasteiger partial charge in [-0.3, -0.25) is 4.90 Å². The van der Waals surface area contributed by atoms with Crippen LogP contribution >= 0.6 is 0 Å². The molecule has 0 saturated heterocycles. The van der Waals surface area contributed by atoms with E-state index in [9.17, 15) is 0 Å². The van der Waals surface area contributed by atoms with Gasteiger partial charge in [-0.25, -0.2) is 0 Å². The number of unbranched alkanes of at least 4 members (excludes halogenated alkanes) is 1. The highest BCUT2D eigenvalue weighted by atomic mass is 15.1. The van der Waals surface area contributed by atoms with Gasteiger partial charge < -0.3 is 0 Å². The van der Waals surface area contributed by atoms with Gasteiger partial charge in [0.1, 0.15) is 0 Å². The summed E-state index contributed by atoms with van der Waals surface area (Å²) in [5.74, 6) is 2.60. The topological polar surface area (TPSA) is 27.0 Å². The van der Waals surface area contributed by atoms with E-state index >= 15 is 0 Å². The molecular formula is C10H16N2. The van der Waals surface area contributed by atoms with Crippen LogP contribution in [0.25, 0.3) is 0 Å². The van der Waals surface area contributed by atoms with Gasteiger partial charge >= 0.3 is 0 Å². The summed E-state index contributed by atoms with van der Waals surface area (Å²) in [5.41, 5.74) is 0. The summed E-state index contributed by atoms with van der Waals surface area (Å²) in [6.45, 7) is 4.59. The van der Waals surface area contributed by atoms with Crippen molar-refractivity contribution in [3.8, 4) is 18.4 Å². The number of hydrogen-bond donors (Lipinski definition) is 0. The minimum atomic E-state index is 0.526. The quantitative estimate of drug-likeness (QED) is 0.339. The lowest BCUT2D eigenvalue weighted by molar-refractivity contribution is 0.304. The molecule has 0 aliphatic rings. The maximum absolute atomic E-state index is 8.49. The molecule has 0 aromatic rings. The lowest BCUT2D eigenvalue weighted by Crippen LogP contribution is -2.25. The Balaban J connectivity index is 3.51. The van der Waals surface area contributed by atoms with Gasteiger partial charge in [0, 0.05) is 13.0 Å². The highest BCUT2D eigenvalue weighted by Crippen LogP contribution is 1.95. The molecule has 0 saturated carbocycles. The van der Waals surface area contributed by atoms with Crippen molar-refractivity contribution in [2.24, 2.45) is 0 Å². The third-order valence-electron chi connectivity index (χ3n) is 1.63. The van der Waals surface area contributed by atoms with Gasteiger partial charge in [0.25, 0.3) is 0 Å². The lowest BCUT2D eigenvalue weighted by atomic mass is 10.3. The first-order chi connectivity index (χ1) is 5.85. The van der Waals surface area contributed by atoms with Crippen LogP contribution in [0.1, 0.15) is 26.2 Å². The maximum Gasteiger partial charge on any atom is 0.0865 e. The first kappa shape index (κ1) is 11.0. The zero-order chi connectivity index (χ0) is 9.23. The standard InChI is InChI=1S/C10H16N2/c1-3-5-6-9-12(8-4-2)10-7-11/h1H,4-6,8-10H2,2H3. The molecule has 0 atom stereocenters. The van der Waals surface area contributed by atoms with Crippen LogP contribution in [-0.2, 0) is 0 Å². The summed E-state index contributed by atoms with van der Waals surface area (Å²) >= 11 is 0. The third kappa shape index (κ3) is 5.77. The fourth-order valence-electron chi connectivity index (χ4n) is 1.09. The molecule has 0 aromatic carbocycles. The fraction of sp³-hybridized carbons (Fsp3) is 0.700. The molecule has 0 fully saturated rings. The van der Waals surface area contributed by atoms with Crippen LogP contribution in [0.5, 0.6) is 0 Å². The Labute approximate surface area is 75.2 Å². The normalized spacial score (nSPS) is 9.33. The van der Waals surface area contributed by atoms with Crippen LogP contribution in [0.4, 0.5) is 0 Å². The number of hydrogen-bond acceptors (Lipinski definition) is 2. The average Bonchev–Trinajstić information content (AvgIpc) is 2.06. The van der Waals surface area contributed by atoms with E-state index in [0.717, 1.165) is 32.4 Å². The molecule has 0 heterocycles. The first-order valence-electron chi connectivity index (χ1n) is 4.38. The van der Waals surface area contributed by atoms with Crippen LogP contribution in [0, 0.1) is 23.7 Å². The van der Waals surface area contributed by atoms with Gasteiger partial charge in [0.05, 0.1) is 12.6 Å². The lowest BCUT2D eigenvalue weighted by Gasteiger charge is -2.16. The number of terminal acetylenes is 1. The van der Waals surface area contributed by atoms with Gasteiger partial charge in [-0.2, -0.15) is 5.26 Å². The Bertz CT molecular complexity index is 173. The highest BCUT2D eigenvalue weighted by Gasteiger charge is 2.00. The average molecular weight is 164 g/mol. The van der Waals surface area contributed by atoms with Gasteiger partial charge in [-0.1, -0.05) is 6.92 Å². The van der Waals surface area contributed by atoms with E-state index in [1.807, 2.05) is 0 Å². The summed E-state index contributed by atoms with van der Waals surface area (Å²) in [4.78, 5) is 2.14. The molecule has 0 amide bonds. The van der Waals surface area contributed by atoms with Gasteiger partial charge in [0.15, 0.2) is 0 Å². The molecule has 0 rings (SSSR count). The van der Waals surface area contributed by atoms with Crippen LogP contribution in [0.3, 0.4) is 0 Å². The van der Waals surface area contributed by atoms with E-state index in [2.05, 4.69) is 23.8 Å². The highest BCUT2D eigenvalue weighted by molar-refractivity contribution is 4.84. The van der Waals surface area contributed by atoms with Crippen molar-refractivity contribution in [2.75, 3.05) is 19.6 Å². The molecule has 0 spiro atoms. The molecule has 66 valence electrons. The van der Waals surface area contributed by atoms with Crippen molar-refractivity contribution >= 4 is 0 Å². The molecule has 0 bridgehead atoms. The summed E-state index contributed by atoms with van der Waals surface area (Å²) in [6, 6.07) is 2.15. The minimum absolute atomic E-state index is 0.526. The van der Waals surface area contributed by atoms with Gasteiger partial charge in [-0.15, -0.1) is 12.3 Å². The number of rotatable bonds is 6. The predicted octanol–water partition coefficient (Wildman–Crippen LogP) is 1.64. The fourth-order valence-corrected chi connectivity index (χ4v) is 1.09. The molecule has 0 aliphatic heterocycles. The molecule has 2 nitrogen and oxygen atoms in total. The van der Waals surface area contributed by atoms with Crippen molar-refractivity contribution < 1.29 is 0 Å².